The summed E-state index contributed by atoms with van der Waals surface area (Å²) in [6, 6.07) is 33.2. The summed E-state index contributed by atoms with van der Waals surface area (Å²) in [6.45, 7) is 2.56. The fraction of sp³-hybridized carbons (Fsp3) is 0.105. The maximum atomic E-state index is 13.4. The van der Waals surface area contributed by atoms with Crippen molar-refractivity contribution in [3.63, 3.8) is 0 Å². The number of rotatable bonds is 5. The molecule has 0 radical (unpaired) electrons. The highest BCUT2D eigenvalue weighted by molar-refractivity contribution is 7.98. The maximum Gasteiger partial charge on any atom is 0.335 e. The second-order valence-corrected chi connectivity index (χ2v) is 13.0. The van der Waals surface area contributed by atoms with E-state index in [0.29, 0.717) is 57.1 Å². The summed E-state index contributed by atoms with van der Waals surface area (Å²) in [5.74, 6) is 1.86. The van der Waals surface area contributed by atoms with Gasteiger partial charge in [-0.15, -0.1) is 0 Å². The van der Waals surface area contributed by atoms with Crippen LogP contribution in [-0.4, -0.2) is 38.3 Å². The Morgan fingerprint density at radius 3 is 1.49 bits per heavy atom. The first kappa shape index (κ1) is 34.0. The van der Waals surface area contributed by atoms with Gasteiger partial charge in [-0.25, -0.2) is 39.3 Å². The van der Waals surface area contributed by atoms with Crippen molar-refractivity contribution < 1.29 is 9.59 Å². The minimum atomic E-state index is -0.192. The average molecular weight is 734 g/mol. The fourth-order valence-electron chi connectivity index (χ4n) is 5.81. The zero-order valence-corrected chi connectivity index (χ0v) is 29.8. The van der Waals surface area contributed by atoms with Gasteiger partial charge in [0.05, 0.1) is 45.9 Å². The van der Waals surface area contributed by atoms with Crippen molar-refractivity contribution in [1.29, 1.82) is 0 Å². The van der Waals surface area contributed by atoms with E-state index in [-0.39, 0.29) is 12.1 Å². The molecule has 2 aliphatic heterocycles. The maximum absolute atomic E-state index is 13.4. The fourth-order valence-corrected chi connectivity index (χ4v) is 6.62. The topological polar surface area (TPSA) is 98.7 Å². The van der Waals surface area contributed by atoms with E-state index >= 15 is 0 Å². The van der Waals surface area contributed by atoms with Crippen molar-refractivity contribution in [2.75, 3.05) is 25.9 Å². The molecular formula is C38H30Cl2N8O2S. The van der Waals surface area contributed by atoms with E-state index in [1.807, 2.05) is 110 Å². The van der Waals surface area contributed by atoms with E-state index in [1.165, 1.54) is 11.8 Å². The molecule has 4 heterocycles. The molecule has 4 amide bonds. The molecular weight excluding hydrogens is 703 g/mol. The van der Waals surface area contributed by atoms with Crippen LogP contribution in [0.15, 0.2) is 127 Å². The van der Waals surface area contributed by atoms with Crippen LogP contribution in [0.4, 0.5) is 44.0 Å². The third-order valence-electron chi connectivity index (χ3n) is 8.20. The van der Waals surface area contributed by atoms with Crippen molar-refractivity contribution in [2.24, 2.45) is 0 Å². The van der Waals surface area contributed by atoms with E-state index in [4.69, 9.17) is 23.2 Å². The lowest BCUT2D eigenvalue weighted by Crippen LogP contribution is -2.45. The molecule has 6 aromatic rings. The van der Waals surface area contributed by atoms with Crippen LogP contribution in [-0.2, 0) is 13.1 Å². The Labute approximate surface area is 309 Å². The second kappa shape index (κ2) is 14.8. The Kier molecular flexibility index (Phi) is 9.85. The van der Waals surface area contributed by atoms with Gasteiger partial charge in [0, 0.05) is 23.5 Å². The second-order valence-electron chi connectivity index (χ2n) is 11.5. The van der Waals surface area contributed by atoms with Crippen molar-refractivity contribution in [1.82, 2.24) is 19.9 Å². The quantitative estimate of drug-likeness (QED) is 0.129. The molecule has 0 bridgehead atoms. The molecule has 0 saturated heterocycles. The van der Waals surface area contributed by atoms with Gasteiger partial charge >= 0.3 is 12.1 Å². The summed E-state index contributed by atoms with van der Waals surface area (Å²) < 4.78 is 0. The van der Waals surface area contributed by atoms with Gasteiger partial charge in [0.25, 0.3) is 0 Å². The first-order chi connectivity index (χ1) is 24.8. The zero-order valence-electron chi connectivity index (χ0n) is 27.5. The number of carbonyl (C=O) groups is 2. The average Bonchev–Trinajstić information content (AvgIpc) is 3.16. The van der Waals surface area contributed by atoms with Gasteiger partial charge in [0.1, 0.15) is 11.6 Å². The van der Waals surface area contributed by atoms with Crippen LogP contribution in [0.25, 0.3) is 0 Å². The summed E-state index contributed by atoms with van der Waals surface area (Å²) in [5, 5.41) is 1.68. The van der Waals surface area contributed by atoms with Gasteiger partial charge in [-0.1, -0.05) is 95.6 Å². The molecule has 10 nitrogen and oxygen atoms in total. The van der Waals surface area contributed by atoms with Crippen LogP contribution in [0, 0.1) is 6.92 Å². The predicted molar refractivity (Wildman–Crippen MR) is 204 cm³/mol. The number of para-hydroxylation sites is 4. The van der Waals surface area contributed by atoms with Gasteiger partial charge in [-0.2, -0.15) is 0 Å². The number of aromatic nitrogens is 4. The summed E-state index contributed by atoms with van der Waals surface area (Å²) in [7, 11) is 0. The number of amides is 4. The summed E-state index contributed by atoms with van der Waals surface area (Å²) in [4.78, 5) is 50.9. The van der Waals surface area contributed by atoms with E-state index in [1.54, 1.807) is 44.1 Å². The van der Waals surface area contributed by atoms with Crippen molar-refractivity contribution in [3.8, 4) is 0 Å². The van der Waals surface area contributed by atoms with Crippen molar-refractivity contribution in [3.05, 3.63) is 149 Å². The van der Waals surface area contributed by atoms with Gasteiger partial charge in [0.2, 0.25) is 0 Å². The summed E-state index contributed by atoms with van der Waals surface area (Å²) >= 11 is 14.1. The smallest absolute Gasteiger partial charge is 0.288 e. The van der Waals surface area contributed by atoms with Crippen LogP contribution in [0.2, 0.25) is 10.0 Å². The molecule has 2 aliphatic rings. The number of carbonyl (C=O) groups excluding carboxylic acids is 2. The molecule has 0 saturated carbocycles. The lowest BCUT2D eigenvalue weighted by molar-refractivity contribution is 0.251. The Morgan fingerprint density at radius 1 is 0.588 bits per heavy atom. The Morgan fingerprint density at radius 2 is 1.02 bits per heavy atom. The third kappa shape index (κ3) is 6.83. The number of nitrogens with zero attached hydrogens (tertiary/aromatic N) is 8. The number of urea groups is 2. The standard InChI is InChI=1S/C19H15ClN4OS.C19H15ClN4O/c1-26-18-21-11-13-12-23(16-10-6-5-9-15(16)20)19(25)24(17(13)22-18)14-7-3-2-4-8-14;1-13-21-11-14-12-23(17-10-6-5-9-16(17)20)19(25)24(18(14)22-13)15-7-3-2-4-8-15/h2-11H,12H2,1H3;2-11H,12H2,1H3. The van der Waals surface area contributed by atoms with E-state index in [0.717, 1.165) is 22.5 Å². The minimum absolute atomic E-state index is 0.190. The molecule has 51 heavy (non-hydrogen) atoms. The van der Waals surface area contributed by atoms with Crippen LogP contribution in [0.3, 0.4) is 0 Å². The number of benzene rings is 4. The molecule has 2 aromatic heterocycles. The van der Waals surface area contributed by atoms with Crippen molar-refractivity contribution in [2.45, 2.75) is 25.2 Å². The zero-order chi connectivity index (χ0) is 35.5. The molecule has 8 rings (SSSR count). The molecule has 0 fully saturated rings. The van der Waals surface area contributed by atoms with Crippen molar-refractivity contribution >= 4 is 81.4 Å². The number of hydrogen-bond acceptors (Lipinski definition) is 7. The Hall–Kier alpha value is -5.49. The number of thioether (sulfide) groups is 1. The predicted octanol–water partition coefficient (Wildman–Crippen LogP) is 9.85. The van der Waals surface area contributed by atoms with E-state index in [2.05, 4.69) is 19.9 Å². The third-order valence-corrected chi connectivity index (χ3v) is 9.41. The first-order valence-corrected chi connectivity index (χ1v) is 17.9. The first-order valence-electron chi connectivity index (χ1n) is 15.9. The van der Waals surface area contributed by atoms with Crippen LogP contribution in [0.1, 0.15) is 17.0 Å². The molecule has 0 unspecified atom stereocenters. The van der Waals surface area contributed by atoms with Crippen LogP contribution >= 0.6 is 35.0 Å². The molecule has 4 aromatic carbocycles. The summed E-state index contributed by atoms with van der Waals surface area (Å²) in [6.07, 6.45) is 5.46. The minimum Gasteiger partial charge on any atom is -0.288 e. The number of halogens is 2. The number of hydrogen-bond donors (Lipinski definition) is 0. The molecule has 0 aliphatic carbocycles. The number of fused-ring (bicyclic) bond motifs is 2. The lowest BCUT2D eigenvalue weighted by atomic mass is 10.1. The van der Waals surface area contributed by atoms with Gasteiger partial charge in [-0.05, 0) is 61.7 Å². The van der Waals surface area contributed by atoms with Gasteiger partial charge in [-0.3, -0.25) is 9.80 Å². The summed E-state index contributed by atoms with van der Waals surface area (Å²) in [5.41, 5.74) is 4.58. The SMILES string of the molecule is CSc1ncc2c(n1)N(c1ccccc1)C(=O)N(c1ccccc1Cl)C2.Cc1ncc2c(n1)N(c1ccccc1)C(=O)N(c1ccccc1Cl)C2. The molecule has 13 heteroatoms. The number of aryl methyl sites for hydroxylation is 1. The number of anilines is 6. The monoisotopic (exact) mass is 732 g/mol. The Balaban J connectivity index is 0.000000159. The van der Waals surface area contributed by atoms with Crippen LogP contribution < -0.4 is 19.6 Å². The van der Waals surface area contributed by atoms with E-state index < -0.39 is 0 Å². The van der Waals surface area contributed by atoms with Crippen LogP contribution in [0.5, 0.6) is 0 Å². The normalized spacial score (nSPS) is 13.7. The molecule has 0 atom stereocenters. The highest BCUT2D eigenvalue weighted by Crippen LogP contribution is 2.39. The van der Waals surface area contributed by atoms with E-state index in [9.17, 15) is 9.59 Å². The highest BCUT2D eigenvalue weighted by atomic mass is 35.5. The molecule has 254 valence electrons. The molecule has 0 N–H and O–H groups in total. The Bertz CT molecular complexity index is 2230. The van der Waals surface area contributed by atoms with Gasteiger partial charge < -0.3 is 0 Å². The largest absolute Gasteiger partial charge is 0.335 e. The lowest BCUT2D eigenvalue weighted by Gasteiger charge is -2.36. The van der Waals surface area contributed by atoms with Gasteiger partial charge in [0.15, 0.2) is 11.0 Å². The molecule has 0 spiro atoms. The highest BCUT2D eigenvalue weighted by Gasteiger charge is 2.36.